The number of carboxylic acids is 2. The summed E-state index contributed by atoms with van der Waals surface area (Å²) >= 11 is 0. The molecule has 1 atom stereocenters. The molecule has 0 fully saturated rings. The Morgan fingerprint density at radius 1 is 0.824 bits per heavy atom. The van der Waals surface area contributed by atoms with Gasteiger partial charge in [0, 0.05) is 29.9 Å². The smallest absolute Gasteiger partial charge is 0.336 e. The maximum atomic E-state index is 12.8. The van der Waals surface area contributed by atoms with Crippen molar-refractivity contribution in [1.82, 2.24) is 30.6 Å². The second-order valence-electron chi connectivity index (χ2n) is 11.4. The molecule has 268 valence electrons. The molecular formula is C33H39N11O7. The number of nitrogens with one attached hydrogen (secondary N) is 4. The van der Waals surface area contributed by atoms with E-state index in [4.69, 9.17) is 17.2 Å². The van der Waals surface area contributed by atoms with Crippen LogP contribution in [0.3, 0.4) is 0 Å². The monoisotopic (exact) mass is 701 g/mol. The molecule has 0 bridgehead atoms. The second-order valence-corrected chi connectivity index (χ2v) is 11.4. The predicted molar refractivity (Wildman–Crippen MR) is 188 cm³/mol. The number of carbonyl (C=O) groups is 5. The number of aromatic nitrogens is 4. The Bertz CT molecular complexity index is 1900. The number of aromatic carboxylic acids is 1. The van der Waals surface area contributed by atoms with Crippen LogP contribution in [0.2, 0.25) is 0 Å². The van der Waals surface area contributed by atoms with E-state index in [1.807, 2.05) is 0 Å². The quantitative estimate of drug-likeness (QED) is 0.0667. The minimum Gasteiger partial charge on any atom is -0.480 e. The minimum absolute atomic E-state index is 0.00571. The Kier molecular flexibility index (Phi) is 13.1. The van der Waals surface area contributed by atoms with Crippen LogP contribution in [-0.4, -0.2) is 78.9 Å². The Morgan fingerprint density at radius 3 is 2.27 bits per heavy atom. The van der Waals surface area contributed by atoms with Gasteiger partial charge in [0.2, 0.25) is 11.9 Å². The summed E-state index contributed by atoms with van der Waals surface area (Å²) in [6.45, 7) is 0.818. The van der Waals surface area contributed by atoms with Crippen molar-refractivity contribution in [1.29, 1.82) is 0 Å². The van der Waals surface area contributed by atoms with E-state index in [0.717, 1.165) is 12.8 Å². The number of carbonyl (C=O) groups excluding carboxylic acids is 3. The Hall–Kier alpha value is -6.43. The summed E-state index contributed by atoms with van der Waals surface area (Å²) in [6.07, 6.45) is 4.15. The van der Waals surface area contributed by atoms with E-state index in [-0.39, 0.29) is 78.1 Å². The number of hydrogen-bond acceptors (Lipinski definition) is 13. The van der Waals surface area contributed by atoms with Gasteiger partial charge >= 0.3 is 11.9 Å². The lowest BCUT2D eigenvalue weighted by atomic mass is 10.1. The summed E-state index contributed by atoms with van der Waals surface area (Å²) in [7, 11) is 0. The topological polar surface area (TPSA) is 304 Å². The molecular weight excluding hydrogens is 662 g/mol. The van der Waals surface area contributed by atoms with Crippen LogP contribution in [0.4, 0.5) is 23.1 Å². The maximum Gasteiger partial charge on any atom is 0.336 e. The number of carboxylic acid groups (broad SMARTS) is 2. The molecule has 2 aromatic carbocycles. The van der Waals surface area contributed by atoms with Crippen molar-refractivity contribution < 1.29 is 34.2 Å². The third-order valence-corrected chi connectivity index (χ3v) is 7.57. The number of nitrogen functional groups attached to an aromatic ring is 2. The SMILES string of the molecule is NCCCCCC(=O)Nc1ccc(C(=O)NCCCC(NC(=O)c2ccc(NCc3cnc4nc(N)nc(N)c4n3)cc2)C(=O)O)c(C(=O)O)c1. The number of aliphatic carboxylic acids is 1. The van der Waals surface area contributed by atoms with Gasteiger partial charge < -0.3 is 48.7 Å². The molecule has 0 aliphatic carbocycles. The van der Waals surface area contributed by atoms with Crippen LogP contribution in [0.15, 0.2) is 48.7 Å². The van der Waals surface area contributed by atoms with Crippen molar-refractivity contribution in [2.45, 2.75) is 51.1 Å². The van der Waals surface area contributed by atoms with Crippen molar-refractivity contribution >= 4 is 64.0 Å². The number of rotatable bonds is 18. The number of anilines is 4. The average molecular weight is 702 g/mol. The van der Waals surface area contributed by atoms with Crippen LogP contribution < -0.4 is 38.5 Å². The van der Waals surface area contributed by atoms with E-state index in [0.29, 0.717) is 29.9 Å². The number of unbranched alkanes of at least 4 members (excludes halogenated alkanes) is 2. The van der Waals surface area contributed by atoms with Gasteiger partial charge in [0.15, 0.2) is 17.0 Å². The largest absolute Gasteiger partial charge is 0.480 e. The van der Waals surface area contributed by atoms with Gasteiger partial charge in [-0.1, -0.05) is 6.42 Å². The number of amides is 3. The molecule has 18 nitrogen and oxygen atoms in total. The fraction of sp³-hybridized carbons (Fsp3) is 0.303. The lowest BCUT2D eigenvalue weighted by Crippen LogP contribution is -2.41. The van der Waals surface area contributed by atoms with Gasteiger partial charge in [0.05, 0.1) is 29.6 Å². The normalized spacial score (nSPS) is 11.4. The summed E-state index contributed by atoms with van der Waals surface area (Å²) in [5.74, 6) is -4.10. The fourth-order valence-corrected chi connectivity index (χ4v) is 4.93. The van der Waals surface area contributed by atoms with Gasteiger partial charge in [0.1, 0.15) is 6.04 Å². The average Bonchev–Trinajstić information content (AvgIpc) is 3.10. The highest BCUT2D eigenvalue weighted by Crippen LogP contribution is 2.18. The molecule has 2 heterocycles. The van der Waals surface area contributed by atoms with Crippen molar-refractivity contribution in [3.8, 4) is 0 Å². The van der Waals surface area contributed by atoms with Crippen molar-refractivity contribution in [3.05, 3.63) is 71.0 Å². The molecule has 51 heavy (non-hydrogen) atoms. The zero-order valence-corrected chi connectivity index (χ0v) is 27.5. The highest BCUT2D eigenvalue weighted by atomic mass is 16.4. The molecule has 1 unspecified atom stereocenters. The lowest BCUT2D eigenvalue weighted by molar-refractivity contribution is -0.139. The molecule has 0 aliphatic rings. The van der Waals surface area contributed by atoms with Gasteiger partial charge in [-0.05, 0) is 74.7 Å². The number of fused-ring (bicyclic) bond motifs is 1. The number of benzene rings is 2. The van der Waals surface area contributed by atoms with Crippen LogP contribution in [-0.2, 0) is 16.1 Å². The molecule has 0 radical (unpaired) electrons. The van der Waals surface area contributed by atoms with E-state index in [9.17, 15) is 34.2 Å². The number of hydrogen-bond donors (Lipinski definition) is 9. The molecule has 4 aromatic rings. The van der Waals surface area contributed by atoms with Gasteiger partial charge in [-0.15, -0.1) is 0 Å². The number of nitrogens with two attached hydrogens (primary N) is 3. The summed E-state index contributed by atoms with van der Waals surface area (Å²) in [5.41, 5.74) is 18.7. The van der Waals surface area contributed by atoms with Crippen molar-refractivity contribution in [2.75, 3.05) is 35.2 Å². The van der Waals surface area contributed by atoms with Gasteiger partial charge in [0.25, 0.3) is 11.8 Å². The van der Waals surface area contributed by atoms with E-state index in [1.165, 1.54) is 36.5 Å². The molecule has 3 amide bonds. The fourth-order valence-electron chi connectivity index (χ4n) is 4.93. The molecule has 0 saturated carbocycles. The third-order valence-electron chi connectivity index (χ3n) is 7.57. The number of nitrogens with zero attached hydrogens (tertiary/aromatic N) is 4. The molecule has 4 rings (SSSR count). The van der Waals surface area contributed by atoms with Crippen LogP contribution in [0.5, 0.6) is 0 Å². The molecule has 12 N–H and O–H groups in total. The van der Waals surface area contributed by atoms with Crippen LogP contribution in [0.1, 0.15) is 75.3 Å². The maximum absolute atomic E-state index is 12.8. The van der Waals surface area contributed by atoms with Crippen molar-refractivity contribution in [2.24, 2.45) is 5.73 Å². The molecule has 0 spiro atoms. The highest BCUT2D eigenvalue weighted by molar-refractivity contribution is 6.06. The van der Waals surface area contributed by atoms with E-state index in [1.54, 1.807) is 12.1 Å². The third kappa shape index (κ3) is 10.8. The Morgan fingerprint density at radius 2 is 1.57 bits per heavy atom. The Labute approximate surface area is 291 Å². The van der Waals surface area contributed by atoms with Crippen LogP contribution in [0, 0.1) is 0 Å². The molecule has 0 saturated heterocycles. The first-order valence-electron chi connectivity index (χ1n) is 16.0. The second kappa shape index (κ2) is 17.8. The van der Waals surface area contributed by atoms with Crippen molar-refractivity contribution in [3.63, 3.8) is 0 Å². The summed E-state index contributed by atoms with van der Waals surface area (Å²) in [6, 6.07) is 9.02. The van der Waals surface area contributed by atoms with E-state index in [2.05, 4.69) is 41.2 Å². The van der Waals surface area contributed by atoms with Gasteiger partial charge in [-0.3, -0.25) is 14.4 Å². The lowest BCUT2D eigenvalue weighted by Gasteiger charge is -2.15. The summed E-state index contributed by atoms with van der Waals surface area (Å²) in [4.78, 5) is 78.0. The van der Waals surface area contributed by atoms with E-state index < -0.39 is 29.8 Å². The molecule has 18 heteroatoms. The Balaban J connectivity index is 1.25. The molecule has 2 aromatic heterocycles. The first kappa shape index (κ1) is 37.4. The zero-order chi connectivity index (χ0) is 36.9. The minimum atomic E-state index is -1.36. The highest BCUT2D eigenvalue weighted by Gasteiger charge is 2.22. The predicted octanol–water partition coefficient (Wildman–Crippen LogP) is 1.75. The summed E-state index contributed by atoms with van der Waals surface area (Å²) in [5, 5.41) is 30.2. The van der Waals surface area contributed by atoms with Crippen LogP contribution in [0.25, 0.3) is 11.2 Å². The van der Waals surface area contributed by atoms with Gasteiger partial charge in [-0.2, -0.15) is 9.97 Å². The first-order chi connectivity index (χ1) is 24.4. The standard InChI is InChI=1S/C33H39N11O7/c34-13-3-1-2-6-25(45)40-20-11-12-22(23(15-20)31(48)49)30(47)37-14-4-5-24(32(50)51)42-29(46)18-7-9-19(10-8-18)38-16-21-17-39-28-26(41-21)27(35)43-33(36)44-28/h7-12,15,17,24,38H,1-6,13-14,16,34H2,(H,37,47)(H,40,45)(H,42,46)(H,48,49)(H,50,51)(H4,35,36,39,43,44). The zero-order valence-electron chi connectivity index (χ0n) is 27.5. The first-order valence-corrected chi connectivity index (χ1v) is 16.0. The van der Waals surface area contributed by atoms with Crippen LogP contribution >= 0.6 is 0 Å². The summed E-state index contributed by atoms with van der Waals surface area (Å²) < 4.78 is 0. The van der Waals surface area contributed by atoms with Gasteiger partial charge in [-0.25, -0.2) is 19.6 Å². The molecule has 0 aliphatic heterocycles. The van der Waals surface area contributed by atoms with E-state index >= 15 is 0 Å².